The lowest BCUT2D eigenvalue weighted by Crippen LogP contribution is -2.51. The maximum Gasteiger partial charge on any atom is 0.443 e. The van der Waals surface area contributed by atoms with Crippen molar-refractivity contribution in [2.75, 3.05) is 0 Å². The maximum absolute atomic E-state index is 12.0. The fourth-order valence-electron chi connectivity index (χ4n) is 0.324. The molecule has 0 aliphatic heterocycles. The Hall–Kier alpha value is -0.930. The second kappa shape index (κ2) is 2.54. The summed E-state index contributed by atoms with van der Waals surface area (Å²) in [7, 11) is 0. The van der Waals surface area contributed by atoms with Crippen molar-refractivity contribution in [3.8, 4) is 12.3 Å². The molecule has 0 saturated carbocycles. The van der Waals surface area contributed by atoms with E-state index in [9.17, 15) is 30.7 Å². The monoisotopic (exact) mass is 194 g/mol. The number of rotatable bonds is 0. The van der Waals surface area contributed by atoms with E-state index in [1.54, 1.807) is 0 Å². The molecule has 0 rings (SSSR count). The van der Waals surface area contributed by atoms with Crippen LogP contribution in [-0.4, -0.2) is 18.0 Å². The number of hydrogen-bond acceptors (Lipinski definition) is 0. The van der Waals surface area contributed by atoms with Crippen LogP contribution in [0.15, 0.2) is 0 Å². The minimum absolute atomic E-state index is 0.0417. The Morgan fingerprint density at radius 2 is 1.00 bits per heavy atom. The van der Waals surface area contributed by atoms with E-state index < -0.39 is 18.0 Å². The SMILES string of the molecule is C#CC(F)(C(F)(F)F)C(F)(F)F. The average Bonchev–Trinajstić information content (AvgIpc) is 1.81. The zero-order valence-electron chi connectivity index (χ0n) is 5.22. The first-order valence-corrected chi connectivity index (χ1v) is 2.36. The third-order valence-electron chi connectivity index (χ3n) is 0.980. The normalized spacial score (nSPS) is 14.2. The van der Waals surface area contributed by atoms with Gasteiger partial charge in [0.2, 0.25) is 0 Å². The maximum atomic E-state index is 12.0. The van der Waals surface area contributed by atoms with Crippen molar-refractivity contribution in [1.82, 2.24) is 0 Å². The van der Waals surface area contributed by atoms with E-state index in [0.717, 1.165) is 0 Å². The average molecular weight is 194 g/mol. The van der Waals surface area contributed by atoms with Gasteiger partial charge in [-0.3, -0.25) is 0 Å². The molecule has 70 valence electrons. The molecule has 0 heterocycles. The molecular formula is C5HF7. The van der Waals surface area contributed by atoms with Crippen LogP contribution in [0.5, 0.6) is 0 Å². The predicted octanol–water partition coefficient (Wildman–Crippen LogP) is 2.45. The van der Waals surface area contributed by atoms with Gasteiger partial charge in [-0.2, -0.15) is 26.3 Å². The van der Waals surface area contributed by atoms with Crippen molar-refractivity contribution >= 4 is 0 Å². The van der Waals surface area contributed by atoms with Crippen LogP contribution in [0.1, 0.15) is 0 Å². The summed E-state index contributed by atoms with van der Waals surface area (Å²) in [6, 6.07) is 0. The first-order valence-electron chi connectivity index (χ1n) is 2.36. The summed E-state index contributed by atoms with van der Waals surface area (Å²) in [6.45, 7) is 0. The van der Waals surface area contributed by atoms with Crippen molar-refractivity contribution in [2.45, 2.75) is 18.0 Å². The van der Waals surface area contributed by atoms with E-state index in [0.29, 0.717) is 0 Å². The van der Waals surface area contributed by atoms with Crippen LogP contribution in [0.2, 0.25) is 0 Å². The minimum Gasteiger partial charge on any atom is -0.209 e. The van der Waals surface area contributed by atoms with Gasteiger partial charge in [-0.05, 0) is 5.92 Å². The van der Waals surface area contributed by atoms with Crippen molar-refractivity contribution in [2.24, 2.45) is 0 Å². The summed E-state index contributed by atoms with van der Waals surface area (Å²) < 4.78 is 80.2. The molecule has 12 heavy (non-hydrogen) atoms. The summed E-state index contributed by atoms with van der Waals surface area (Å²) in [5, 5.41) is 0. The fraction of sp³-hybridized carbons (Fsp3) is 0.600. The molecule has 0 radical (unpaired) electrons. The molecule has 0 aliphatic carbocycles. The molecule has 0 saturated heterocycles. The van der Waals surface area contributed by atoms with Crippen molar-refractivity contribution in [3.63, 3.8) is 0 Å². The summed E-state index contributed by atoms with van der Waals surface area (Å²) in [6.07, 6.45) is -8.46. The van der Waals surface area contributed by atoms with Gasteiger partial charge in [0.05, 0.1) is 0 Å². The van der Waals surface area contributed by atoms with Crippen molar-refractivity contribution in [1.29, 1.82) is 0 Å². The summed E-state index contributed by atoms with van der Waals surface area (Å²) in [5.74, 6) is 0.0417. The van der Waals surface area contributed by atoms with Crippen molar-refractivity contribution < 1.29 is 30.7 Å². The largest absolute Gasteiger partial charge is 0.443 e. The predicted molar refractivity (Wildman–Crippen MR) is 24.8 cm³/mol. The highest BCUT2D eigenvalue weighted by molar-refractivity contribution is 5.16. The van der Waals surface area contributed by atoms with Crippen LogP contribution in [0.25, 0.3) is 0 Å². The van der Waals surface area contributed by atoms with Crippen LogP contribution >= 0.6 is 0 Å². The zero-order valence-corrected chi connectivity index (χ0v) is 5.22. The van der Waals surface area contributed by atoms with E-state index in [-0.39, 0.29) is 5.92 Å². The highest BCUT2D eigenvalue weighted by Gasteiger charge is 2.72. The van der Waals surface area contributed by atoms with E-state index in [2.05, 4.69) is 6.42 Å². The van der Waals surface area contributed by atoms with Gasteiger partial charge in [0.15, 0.2) is 0 Å². The molecule has 0 aromatic rings. The lowest BCUT2D eigenvalue weighted by Gasteiger charge is -2.24. The Labute approximate surface area is 62.4 Å². The number of halogens is 7. The standard InChI is InChI=1S/C5HF7/c1-2-3(6,4(7,8)9)5(10,11)12/h1H. The fourth-order valence-corrected chi connectivity index (χ4v) is 0.324. The molecule has 0 spiro atoms. The van der Waals surface area contributed by atoms with Gasteiger partial charge in [-0.15, -0.1) is 6.42 Å². The minimum atomic E-state index is -6.14. The molecule has 0 unspecified atom stereocenters. The molecule has 0 aromatic heterocycles. The van der Waals surface area contributed by atoms with Gasteiger partial charge in [0, 0.05) is 0 Å². The summed E-state index contributed by atoms with van der Waals surface area (Å²) in [4.78, 5) is 0. The molecule has 7 heteroatoms. The molecule has 0 bridgehead atoms. The quantitative estimate of drug-likeness (QED) is 0.410. The van der Waals surface area contributed by atoms with Gasteiger partial charge >= 0.3 is 18.0 Å². The van der Waals surface area contributed by atoms with Gasteiger partial charge in [0.1, 0.15) is 0 Å². The second-order valence-electron chi connectivity index (χ2n) is 1.80. The Morgan fingerprint density at radius 3 is 1.00 bits per heavy atom. The van der Waals surface area contributed by atoms with E-state index >= 15 is 0 Å². The molecule has 0 nitrogen and oxygen atoms in total. The van der Waals surface area contributed by atoms with Crippen LogP contribution in [0.3, 0.4) is 0 Å². The van der Waals surface area contributed by atoms with E-state index in [1.165, 1.54) is 0 Å². The molecule has 0 amide bonds. The molecular weight excluding hydrogens is 193 g/mol. The molecule has 0 aliphatic rings. The van der Waals surface area contributed by atoms with Crippen LogP contribution in [0.4, 0.5) is 30.7 Å². The number of hydrogen-bond donors (Lipinski definition) is 0. The molecule has 0 fully saturated rings. The van der Waals surface area contributed by atoms with E-state index in [4.69, 9.17) is 0 Å². The number of terminal acetylenes is 1. The Morgan fingerprint density at radius 1 is 0.750 bits per heavy atom. The van der Waals surface area contributed by atoms with Gasteiger partial charge in [0.25, 0.3) is 0 Å². The Kier molecular flexibility index (Phi) is 2.34. The van der Waals surface area contributed by atoms with Crippen LogP contribution in [0, 0.1) is 12.3 Å². The Balaban J connectivity index is 5.14. The molecule has 0 aromatic carbocycles. The number of alkyl halides is 7. The highest BCUT2D eigenvalue weighted by Crippen LogP contribution is 2.45. The van der Waals surface area contributed by atoms with Crippen LogP contribution in [-0.2, 0) is 0 Å². The Bertz CT molecular complexity index is 187. The summed E-state index contributed by atoms with van der Waals surface area (Å²) in [5.41, 5.74) is -5.56. The highest BCUT2D eigenvalue weighted by atomic mass is 19.4. The molecule has 0 N–H and O–H groups in total. The smallest absolute Gasteiger partial charge is 0.209 e. The first kappa shape index (κ1) is 11.1. The summed E-state index contributed by atoms with van der Waals surface area (Å²) >= 11 is 0. The third kappa shape index (κ3) is 1.47. The lowest BCUT2D eigenvalue weighted by molar-refractivity contribution is -0.317. The second-order valence-corrected chi connectivity index (χ2v) is 1.80. The van der Waals surface area contributed by atoms with Gasteiger partial charge in [-0.1, -0.05) is 0 Å². The zero-order chi connectivity index (χ0) is 10.2. The van der Waals surface area contributed by atoms with Crippen LogP contribution < -0.4 is 0 Å². The van der Waals surface area contributed by atoms with E-state index in [1.807, 2.05) is 0 Å². The third-order valence-corrected chi connectivity index (χ3v) is 0.980. The van der Waals surface area contributed by atoms with Crippen molar-refractivity contribution in [3.05, 3.63) is 0 Å². The van der Waals surface area contributed by atoms with Gasteiger partial charge in [-0.25, -0.2) is 4.39 Å². The van der Waals surface area contributed by atoms with Gasteiger partial charge < -0.3 is 0 Å². The lowest BCUT2D eigenvalue weighted by atomic mass is 10.1. The first-order chi connectivity index (χ1) is 5.06. The molecule has 0 atom stereocenters. The topological polar surface area (TPSA) is 0 Å².